The summed E-state index contributed by atoms with van der Waals surface area (Å²) in [6.45, 7) is 0.512. The fourth-order valence-corrected chi connectivity index (χ4v) is 4.28. The van der Waals surface area contributed by atoms with Gasteiger partial charge in [0.05, 0.1) is 24.8 Å². The van der Waals surface area contributed by atoms with Crippen molar-refractivity contribution in [3.05, 3.63) is 28.8 Å². The summed E-state index contributed by atoms with van der Waals surface area (Å²) < 4.78 is 63.8. The lowest BCUT2D eigenvalue weighted by Crippen LogP contribution is -2.48. The normalized spacial score (nSPS) is 31.7. The molecule has 3 atom stereocenters. The van der Waals surface area contributed by atoms with Gasteiger partial charge in [-0.05, 0) is 60.8 Å². The van der Waals surface area contributed by atoms with E-state index in [-0.39, 0.29) is 23.8 Å². The maximum atomic E-state index is 13.7. The van der Waals surface area contributed by atoms with Crippen molar-refractivity contribution in [1.82, 2.24) is 4.90 Å². The first-order valence-corrected chi connectivity index (χ1v) is 9.07. The van der Waals surface area contributed by atoms with Gasteiger partial charge in [-0.3, -0.25) is 9.29 Å². The van der Waals surface area contributed by atoms with E-state index in [9.17, 15) is 9.50 Å². The fraction of sp³-hybridized carbons (Fsp3) is 0.714. The van der Waals surface area contributed by atoms with Crippen LogP contribution >= 0.6 is 0 Å². The summed E-state index contributed by atoms with van der Waals surface area (Å²) in [5.41, 5.74) is 2.53. The van der Waals surface area contributed by atoms with Crippen LogP contribution in [0.4, 0.5) is 4.39 Å². The van der Waals surface area contributed by atoms with E-state index in [1.54, 1.807) is 13.0 Å². The summed E-state index contributed by atoms with van der Waals surface area (Å²) in [5.74, 6) is 0.827. The van der Waals surface area contributed by atoms with E-state index in [0.717, 1.165) is 30.6 Å². The number of hydrogen-bond donors (Lipinski definition) is 1. The molecule has 2 heterocycles. The van der Waals surface area contributed by atoms with Gasteiger partial charge in [0.2, 0.25) is 0 Å². The summed E-state index contributed by atoms with van der Waals surface area (Å²) in [4.78, 5) is 2.39. The SMILES string of the molecule is [2H]C([2H])([18F])C([2H])([2H])C([2H])([2H])Oc1cc2c(cc1C)[C@H]1C[C@@H](O)[C@H](CC(C)C)CN1CC2. The number of rotatable bonds is 6. The van der Waals surface area contributed by atoms with Gasteiger partial charge in [0.25, 0.3) is 0 Å². The van der Waals surface area contributed by atoms with Gasteiger partial charge >= 0.3 is 0 Å². The molecule has 0 saturated carbocycles. The van der Waals surface area contributed by atoms with E-state index in [2.05, 4.69) is 18.7 Å². The van der Waals surface area contributed by atoms with Crippen molar-refractivity contribution in [3.8, 4) is 5.75 Å². The molecule has 0 spiro atoms. The van der Waals surface area contributed by atoms with Crippen molar-refractivity contribution < 1.29 is 22.5 Å². The average Bonchev–Trinajstić information content (AvgIpc) is 2.62. The number of nitrogens with zero attached hydrogens (tertiary/aromatic N) is 1. The highest BCUT2D eigenvalue weighted by Crippen LogP contribution is 2.41. The summed E-state index contributed by atoms with van der Waals surface area (Å²) >= 11 is 0. The second-order valence-corrected chi connectivity index (χ2v) is 7.69. The number of benzene rings is 1. The largest absolute Gasteiger partial charge is 0.493 e. The molecule has 0 radical (unpaired) electrons. The second-order valence-electron chi connectivity index (χ2n) is 7.69. The fourth-order valence-electron chi connectivity index (χ4n) is 4.28. The second kappa shape index (κ2) is 8.05. The van der Waals surface area contributed by atoms with Gasteiger partial charge in [-0.1, -0.05) is 19.9 Å². The van der Waals surface area contributed by atoms with E-state index in [1.807, 2.05) is 6.07 Å². The zero-order valence-electron chi connectivity index (χ0n) is 21.2. The molecule has 0 amide bonds. The Hall–Kier alpha value is -1.13. The molecule has 3 nitrogen and oxygen atoms in total. The molecule has 0 bridgehead atoms. The number of hydrogen-bond acceptors (Lipinski definition) is 3. The zero-order valence-corrected chi connectivity index (χ0v) is 15.2. The average molecular weight is 355 g/mol. The van der Waals surface area contributed by atoms with Crippen LogP contribution in [0.1, 0.15) is 64.0 Å². The number of aliphatic hydroxyl groups is 1. The Kier molecular flexibility index (Phi) is 3.96. The molecule has 2 aliphatic heterocycles. The van der Waals surface area contributed by atoms with Crippen LogP contribution in [-0.2, 0) is 6.42 Å². The third kappa shape index (κ3) is 4.17. The van der Waals surface area contributed by atoms with E-state index in [1.165, 1.54) is 0 Å². The molecule has 1 aromatic rings. The van der Waals surface area contributed by atoms with Gasteiger partial charge in [-0.2, -0.15) is 0 Å². The number of alkyl halides is 1. The van der Waals surface area contributed by atoms with Gasteiger partial charge in [0, 0.05) is 28.2 Å². The van der Waals surface area contributed by atoms with Crippen LogP contribution in [0.2, 0.25) is 0 Å². The standard InChI is InChI=1S/C21H32FNO2/c1-14(2)9-17-13-23-7-5-16-11-21(25-8-4-6-22)15(3)10-18(16)19(23)12-20(17)24/h10-11,14,17,19-20,24H,4-9,12-13H2,1-3H3/t17-,19-,20-/m1/s1/i4D2,6D2,8D2,22-1. The van der Waals surface area contributed by atoms with Gasteiger partial charge < -0.3 is 9.84 Å². The summed E-state index contributed by atoms with van der Waals surface area (Å²) in [6, 6.07) is 3.57. The number of aliphatic hydroxyl groups excluding tert-OH is 1. The Morgan fingerprint density at radius 2 is 2.24 bits per heavy atom. The van der Waals surface area contributed by atoms with Gasteiger partial charge in [0.15, 0.2) is 0 Å². The van der Waals surface area contributed by atoms with E-state index < -0.39 is 19.6 Å². The minimum atomic E-state index is -3.91. The smallest absolute Gasteiger partial charge is 0.122 e. The van der Waals surface area contributed by atoms with Crippen molar-refractivity contribution in [2.24, 2.45) is 11.8 Å². The summed E-state index contributed by atoms with van der Waals surface area (Å²) in [5, 5.41) is 10.7. The van der Waals surface area contributed by atoms with Gasteiger partial charge in [-0.25, -0.2) is 0 Å². The highest BCUT2D eigenvalue weighted by atomic mass is 18.2. The summed E-state index contributed by atoms with van der Waals surface area (Å²) in [6.07, 6.45) is -1.60. The van der Waals surface area contributed by atoms with E-state index in [0.29, 0.717) is 24.3 Å². The first-order chi connectivity index (χ1) is 14.1. The molecule has 1 aromatic carbocycles. The Balaban J connectivity index is 1.85. The Morgan fingerprint density at radius 3 is 2.96 bits per heavy atom. The molecule has 25 heavy (non-hydrogen) atoms. The molecule has 1 fully saturated rings. The van der Waals surface area contributed by atoms with Crippen molar-refractivity contribution in [3.63, 3.8) is 0 Å². The molecule has 1 N–H and O–H groups in total. The molecule has 1 saturated heterocycles. The molecule has 4 heteroatoms. The van der Waals surface area contributed by atoms with Crippen LogP contribution in [-0.4, -0.2) is 42.4 Å². The topological polar surface area (TPSA) is 32.7 Å². The first kappa shape index (κ1) is 12.3. The van der Waals surface area contributed by atoms with Crippen LogP contribution in [0.15, 0.2) is 12.1 Å². The molecule has 0 aromatic heterocycles. The predicted octanol–water partition coefficient (Wildman–Crippen LogP) is 4.06. The monoisotopic (exact) mass is 354 g/mol. The summed E-state index contributed by atoms with van der Waals surface area (Å²) in [7, 11) is 0. The highest BCUT2D eigenvalue weighted by Gasteiger charge is 2.38. The molecular weight excluding hydrogens is 316 g/mol. The third-order valence-corrected chi connectivity index (χ3v) is 5.42. The number of aryl methyl sites for hydroxylation is 1. The lowest BCUT2D eigenvalue weighted by molar-refractivity contribution is -0.0191. The first-order valence-electron chi connectivity index (χ1n) is 12.1. The molecule has 0 aliphatic carbocycles. The number of halogens is 1. The highest BCUT2D eigenvalue weighted by molar-refractivity contribution is 5.45. The molecular formula is C21H32FNO2. The third-order valence-electron chi connectivity index (χ3n) is 5.42. The van der Waals surface area contributed by atoms with Crippen LogP contribution < -0.4 is 4.74 Å². The minimum absolute atomic E-state index is 0.0538. The minimum Gasteiger partial charge on any atom is -0.493 e. The number of piperidine rings is 1. The Bertz CT molecular complexity index is 814. The van der Waals surface area contributed by atoms with Crippen LogP contribution in [0, 0.1) is 18.8 Å². The predicted molar refractivity (Wildman–Crippen MR) is 98.9 cm³/mol. The Morgan fingerprint density at radius 1 is 1.44 bits per heavy atom. The number of fused-ring (bicyclic) bond motifs is 3. The maximum absolute atomic E-state index is 13.7. The molecule has 3 rings (SSSR count). The van der Waals surface area contributed by atoms with Gasteiger partial charge in [0.1, 0.15) is 5.75 Å². The Labute approximate surface area is 159 Å². The van der Waals surface area contributed by atoms with Gasteiger partial charge in [-0.15, -0.1) is 0 Å². The van der Waals surface area contributed by atoms with Crippen LogP contribution in [0.25, 0.3) is 0 Å². The lowest BCUT2D eigenvalue weighted by Gasteiger charge is -2.46. The molecule has 2 aliphatic rings. The van der Waals surface area contributed by atoms with Crippen LogP contribution in [0.5, 0.6) is 5.75 Å². The lowest BCUT2D eigenvalue weighted by atomic mass is 9.79. The van der Waals surface area contributed by atoms with Crippen molar-refractivity contribution in [1.29, 1.82) is 0 Å². The van der Waals surface area contributed by atoms with Crippen molar-refractivity contribution >= 4 is 0 Å². The van der Waals surface area contributed by atoms with Crippen molar-refractivity contribution in [2.75, 3.05) is 26.3 Å². The van der Waals surface area contributed by atoms with Crippen molar-refractivity contribution in [2.45, 2.75) is 58.6 Å². The zero-order chi connectivity index (χ0) is 23.4. The quantitative estimate of drug-likeness (QED) is 0.836. The molecule has 140 valence electrons. The van der Waals surface area contributed by atoms with Crippen LogP contribution in [0.3, 0.4) is 0 Å². The van der Waals surface area contributed by atoms with E-state index in [4.69, 9.17) is 13.0 Å². The van der Waals surface area contributed by atoms with E-state index >= 15 is 0 Å². The number of ether oxygens (including phenoxy) is 1. The molecule has 0 unspecified atom stereocenters. The maximum Gasteiger partial charge on any atom is 0.122 e.